The van der Waals surface area contributed by atoms with E-state index in [1.807, 2.05) is 27.1 Å². The Morgan fingerprint density at radius 1 is 1.33 bits per heavy atom. The number of halogens is 1. The lowest BCUT2D eigenvalue weighted by molar-refractivity contribution is 0.610. The second kappa shape index (κ2) is 4.88. The van der Waals surface area contributed by atoms with Gasteiger partial charge >= 0.3 is 0 Å². The Bertz CT molecular complexity index is 562. The molecule has 0 radical (unpaired) electrons. The second-order valence-electron chi connectivity index (χ2n) is 4.44. The molecule has 0 spiro atoms. The van der Waals surface area contributed by atoms with Gasteiger partial charge < -0.3 is 0 Å². The molecule has 1 atom stereocenters. The minimum Gasteiger partial charge on any atom is -0.275 e. The zero-order valence-electron chi connectivity index (χ0n) is 10.7. The third kappa shape index (κ3) is 2.27. The predicted molar refractivity (Wildman–Crippen MR) is 68.2 cm³/mol. The van der Waals surface area contributed by atoms with Crippen molar-refractivity contribution in [2.24, 2.45) is 12.9 Å². The topological polar surface area (TPSA) is 55.9 Å². The Morgan fingerprint density at radius 3 is 2.56 bits per heavy atom. The van der Waals surface area contributed by atoms with Crippen LogP contribution in [0.4, 0.5) is 4.39 Å². The summed E-state index contributed by atoms with van der Waals surface area (Å²) in [5, 5.41) is 4.30. The van der Waals surface area contributed by atoms with Crippen LogP contribution in [-0.2, 0) is 7.05 Å². The number of nitrogens with one attached hydrogen (secondary N) is 1. The fraction of sp³-hybridized carbons (Fsp3) is 0.308. The van der Waals surface area contributed by atoms with E-state index in [0.29, 0.717) is 0 Å². The molecule has 2 rings (SSSR count). The maximum atomic E-state index is 13.1. The number of nitrogens with two attached hydrogens (primary N) is 1. The van der Waals surface area contributed by atoms with E-state index in [1.165, 1.54) is 12.1 Å². The van der Waals surface area contributed by atoms with E-state index in [9.17, 15) is 4.39 Å². The van der Waals surface area contributed by atoms with E-state index in [1.54, 1.807) is 10.7 Å². The smallest absolute Gasteiger partial charge is 0.123 e. The van der Waals surface area contributed by atoms with Crippen molar-refractivity contribution in [2.45, 2.75) is 19.9 Å². The van der Waals surface area contributed by atoms with Gasteiger partial charge in [0.25, 0.3) is 0 Å². The summed E-state index contributed by atoms with van der Waals surface area (Å²) in [5.74, 6) is 5.40. The molecule has 1 aromatic carbocycles. The Hall–Kier alpha value is -1.72. The highest BCUT2D eigenvalue weighted by Gasteiger charge is 2.19. The number of hydrazine groups is 1. The summed E-state index contributed by atoms with van der Waals surface area (Å²) in [6.45, 7) is 3.80. The van der Waals surface area contributed by atoms with Crippen molar-refractivity contribution in [3.8, 4) is 0 Å². The molecule has 96 valence electrons. The van der Waals surface area contributed by atoms with Gasteiger partial charge in [0.15, 0.2) is 0 Å². The Labute approximate surface area is 106 Å². The molecule has 0 aliphatic heterocycles. The number of aromatic nitrogens is 2. The minimum absolute atomic E-state index is 0.181. The normalized spacial score (nSPS) is 12.7. The molecule has 2 aromatic rings. The van der Waals surface area contributed by atoms with Crippen LogP contribution in [0.5, 0.6) is 0 Å². The summed E-state index contributed by atoms with van der Waals surface area (Å²) in [5.41, 5.74) is 6.49. The third-order valence-electron chi connectivity index (χ3n) is 3.07. The second-order valence-corrected chi connectivity index (χ2v) is 4.44. The third-order valence-corrected chi connectivity index (χ3v) is 3.07. The highest BCUT2D eigenvalue weighted by Crippen LogP contribution is 2.26. The van der Waals surface area contributed by atoms with Crippen LogP contribution in [0, 0.1) is 19.7 Å². The number of hydrogen-bond acceptors (Lipinski definition) is 3. The van der Waals surface area contributed by atoms with E-state index in [4.69, 9.17) is 5.84 Å². The molecule has 3 N–H and O–H groups in total. The highest BCUT2D eigenvalue weighted by atomic mass is 19.1. The number of rotatable bonds is 3. The quantitative estimate of drug-likeness (QED) is 0.642. The molecule has 0 amide bonds. The summed E-state index contributed by atoms with van der Waals surface area (Å²) >= 11 is 0. The Kier molecular flexibility index (Phi) is 3.45. The van der Waals surface area contributed by atoms with E-state index >= 15 is 0 Å². The van der Waals surface area contributed by atoms with Crippen LogP contribution in [0.2, 0.25) is 0 Å². The lowest BCUT2D eigenvalue weighted by Gasteiger charge is -2.18. The minimum atomic E-state index is -0.241. The molecule has 0 saturated heterocycles. The number of benzene rings is 1. The van der Waals surface area contributed by atoms with Gasteiger partial charge in [-0.2, -0.15) is 5.10 Å². The fourth-order valence-electron chi connectivity index (χ4n) is 2.21. The van der Waals surface area contributed by atoms with Crippen LogP contribution in [-0.4, -0.2) is 9.78 Å². The molecule has 18 heavy (non-hydrogen) atoms. The summed E-state index contributed by atoms with van der Waals surface area (Å²) in [4.78, 5) is 0. The van der Waals surface area contributed by atoms with Gasteiger partial charge in [-0.3, -0.25) is 10.5 Å². The summed E-state index contributed by atoms with van der Waals surface area (Å²) in [6, 6.07) is 4.52. The van der Waals surface area contributed by atoms with E-state index < -0.39 is 0 Å². The molecule has 0 saturated carbocycles. The van der Waals surface area contributed by atoms with Crippen molar-refractivity contribution < 1.29 is 4.39 Å². The highest BCUT2D eigenvalue weighted by molar-refractivity contribution is 5.37. The molecule has 0 aliphatic carbocycles. The summed E-state index contributed by atoms with van der Waals surface area (Å²) in [6.07, 6.45) is 1.92. The molecule has 1 aromatic heterocycles. The molecule has 1 heterocycles. The lowest BCUT2D eigenvalue weighted by atomic mass is 9.96. The average Bonchev–Trinajstić information content (AvgIpc) is 2.62. The van der Waals surface area contributed by atoms with Crippen molar-refractivity contribution in [2.75, 3.05) is 0 Å². The monoisotopic (exact) mass is 248 g/mol. The zero-order valence-corrected chi connectivity index (χ0v) is 10.7. The number of aryl methyl sites for hydroxylation is 3. The molecule has 0 fully saturated rings. The first-order valence-electron chi connectivity index (χ1n) is 5.75. The number of nitrogens with zero attached hydrogens (tertiary/aromatic N) is 2. The standard InChI is InChI=1S/C13H17FN4/c1-8-6-10(14)4-5-11(8)13(16-15)12-7-18(3)17-9(12)2/h4-7,13,16H,15H2,1-3H3. The van der Waals surface area contributed by atoms with Gasteiger partial charge in [-0.05, 0) is 37.1 Å². The van der Waals surface area contributed by atoms with Crippen molar-refractivity contribution >= 4 is 0 Å². The van der Waals surface area contributed by atoms with Gasteiger partial charge in [-0.1, -0.05) is 6.07 Å². The van der Waals surface area contributed by atoms with Crippen molar-refractivity contribution in [3.05, 3.63) is 52.6 Å². The van der Waals surface area contributed by atoms with E-state index in [-0.39, 0.29) is 11.9 Å². The van der Waals surface area contributed by atoms with E-state index in [0.717, 1.165) is 22.4 Å². The molecular weight excluding hydrogens is 231 g/mol. The van der Waals surface area contributed by atoms with Crippen LogP contribution in [0.25, 0.3) is 0 Å². The van der Waals surface area contributed by atoms with Crippen LogP contribution < -0.4 is 11.3 Å². The largest absolute Gasteiger partial charge is 0.275 e. The van der Waals surface area contributed by atoms with E-state index in [2.05, 4.69) is 10.5 Å². The molecule has 0 bridgehead atoms. The number of hydrogen-bond donors (Lipinski definition) is 2. The van der Waals surface area contributed by atoms with Gasteiger partial charge in [0.1, 0.15) is 5.82 Å². The maximum Gasteiger partial charge on any atom is 0.123 e. The van der Waals surface area contributed by atoms with Crippen LogP contribution in [0.3, 0.4) is 0 Å². The molecule has 4 nitrogen and oxygen atoms in total. The average molecular weight is 248 g/mol. The first-order valence-corrected chi connectivity index (χ1v) is 5.75. The van der Waals surface area contributed by atoms with Gasteiger partial charge in [0, 0.05) is 18.8 Å². The molecule has 5 heteroatoms. The van der Waals surface area contributed by atoms with Gasteiger partial charge in [0.05, 0.1) is 11.7 Å². The molecule has 1 unspecified atom stereocenters. The van der Waals surface area contributed by atoms with Crippen LogP contribution >= 0.6 is 0 Å². The molecular formula is C13H17FN4. The fourth-order valence-corrected chi connectivity index (χ4v) is 2.21. The summed E-state index contributed by atoms with van der Waals surface area (Å²) < 4.78 is 14.9. The van der Waals surface area contributed by atoms with Crippen LogP contribution in [0.1, 0.15) is 28.4 Å². The maximum absolute atomic E-state index is 13.1. The lowest BCUT2D eigenvalue weighted by Crippen LogP contribution is -2.29. The predicted octanol–water partition coefficient (Wildman–Crippen LogP) is 1.73. The zero-order chi connectivity index (χ0) is 13.3. The summed E-state index contributed by atoms with van der Waals surface area (Å²) in [7, 11) is 1.86. The Balaban J connectivity index is 2.48. The van der Waals surface area contributed by atoms with Gasteiger partial charge in [0.2, 0.25) is 0 Å². The van der Waals surface area contributed by atoms with Crippen LogP contribution in [0.15, 0.2) is 24.4 Å². The van der Waals surface area contributed by atoms with Crippen molar-refractivity contribution in [1.29, 1.82) is 0 Å². The molecule has 0 aliphatic rings. The van der Waals surface area contributed by atoms with Crippen molar-refractivity contribution in [3.63, 3.8) is 0 Å². The Morgan fingerprint density at radius 2 is 2.06 bits per heavy atom. The van der Waals surface area contributed by atoms with Crippen molar-refractivity contribution in [1.82, 2.24) is 15.2 Å². The SMILES string of the molecule is Cc1cc(F)ccc1C(NN)c1cn(C)nc1C. The van der Waals surface area contributed by atoms with Gasteiger partial charge in [-0.15, -0.1) is 0 Å². The first-order chi connectivity index (χ1) is 8.52. The first kappa shape index (κ1) is 12.7. The van der Waals surface area contributed by atoms with Gasteiger partial charge in [-0.25, -0.2) is 9.82 Å².